The van der Waals surface area contributed by atoms with Gasteiger partial charge in [0.2, 0.25) is 0 Å². The molecule has 0 heterocycles. The Balaban J connectivity index is 2.32. The minimum absolute atomic E-state index is 0.446. The molecule has 0 spiro atoms. The van der Waals surface area contributed by atoms with Crippen molar-refractivity contribution in [2.24, 2.45) is 0 Å². The molecule has 0 aliphatic heterocycles. The molecular weight excluding hydrogens is 256 g/mol. The third-order valence-corrected chi connectivity index (χ3v) is 3.28. The summed E-state index contributed by atoms with van der Waals surface area (Å²) >= 11 is 0. The van der Waals surface area contributed by atoms with Gasteiger partial charge in [-0.25, -0.2) is 8.78 Å². The summed E-state index contributed by atoms with van der Waals surface area (Å²) in [6.07, 6.45) is 1.07. The fourth-order valence-corrected chi connectivity index (χ4v) is 2.19. The van der Waals surface area contributed by atoms with Crippen LogP contribution in [0, 0.1) is 18.6 Å². The number of halogens is 2. The predicted octanol–water partition coefficient (Wildman–Crippen LogP) is 4.44. The maximum absolute atomic E-state index is 13.9. The van der Waals surface area contributed by atoms with Crippen LogP contribution in [0.15, 0.2) is 36.4 Å². The minimum atomic E-state index is -0.551. The molecule has 0 unspecified atom stereocenters. The predicted molar refractivity (Wildman–Crippen MR) is 78.5 cm³/mol. The number of benzene rings is 2. The number of nitrogens with one attached hydrogen (secondary N) is 1. The van der Waals surface area contributed by atoms with Crippen molar-refractivity contribution in [3.63, 3.8) is 0 Å². The van der Waals surface area contributed by atoms with Crippen LogP contribution in [-0.2, 0) is 6.54 Å². The maximum Gasteiger partial charge on any atom is 0.133 e. The smallest absolute Gasteiger partial charge is 0.133 e. The van der Waals surface area contributed by atoms with Crippen LogP contribution >= 0.6 is 0 Å². The Morgan fingerprint density at radius 2 is 1.80 bits per heavy atom. The summed E-state index contributed by atoms with van der Waals surface area (Å²) in [6.45, 7) is 5.75. The molecule has 0 aliphatic rings. The second-order valence-corrected chi connectivity index (χ2v) is 4.95. The zero-order chi connectivity index (χ0) is 14.5. The lowest BCUT2D eigenvalue weighted by Gasteiger charge is -2.11. The van der Waals surface area contributed by atoms with E-state index in [1.54, 1.807) is 0 Å². The largest absolute Gasteiger partial charge is 0.313 e. The van der Waals surface area contributed by atoms with Gasteiger partial charge in [-0.15, -0.1) is 0 Å². The zero-order valence-corrected chi connectivity index (χ0v) is 11.8. The molecule has 2 rings (SSSR count). The van der Waals surface area contributed by atoms with Crippen LogP contribution in [0.2, 0.25) is 0 Å². The van der Waals surface area contributed by atoms with Gasteiger partial charge in [0, 0.05) is 18.2 Å². The molecule has 0 fully saturated rings. The van der Waals surface area contributed by atoms with Gasteiger partial charge in [0.05, 0.1) is 0 Å². The van der Waals surface area contributed by atoms with Crippen LogP contribution in [0.25, 0.3) is 11.1 Å². The van der Waals surface area contributed by atoms with Crippen LogP contribution in [0.5, 0.6) is 0 Å². The van der Waals surface area contributed by atoms with Crippen molar-refractivity contribution in [3.8, 4) is 11.1 Å². The zero-order valence-electron chi connectivity index (χ0n) is 11.8. The topological polar surface area (TPSA) is 12.0 Å². The summed E-state index contributed by atoms with van der Waals surface area (Å²) in [7, 11) is 0. The summed E-state index contributed by atoms with van der Waals surface area (Å²) in [4.78, 5) is 0. The first-order valence-corrected chi connectivity index (χ1v) is 6.87. The molecule has 3 heteroatoms. The number of hydrogen-bond donors (Lipinski definition) is 1. The van der Waals surface area contributed by atoms with Crippen LogP contribution in [0.1, 0.15) is 24.5 Å². The van der Waals surface area contributed by atoms with E-state index in [9.17, 15) is 8.78 Å². The maximum atomic E-state index is 13.9. The van der Waals surface area contributed by atoms with Crippen LogP contribution in [0.3, 0.4) is 0 Å². The van der Waals surface area contributed by atoms with Gasteiger partial charge >= 0.3 is 0 Å². The number of hydrogen-bond acceptors (Lipinski definition) is 1. The molecule has 0 amide bonds. The molecule has 0 saturated heterocycles. The van der Waals surface area contributed by atoms with Crippen molar-refractivity contribution in [2.75, 3.05) is 6.54 Å². The van der Waals surface area contributed by atoms with E-state index in [0.29, 0.717) is 5.56 Å². The minimum Gasteiger partial charge on any atom is -0.313 e. The molecule has 20 heavy (non-hydrogen) atoms. The van der Waals surface area contributed by atoms with E-state index >= 15 is 0 Å². The van der Waals surface area contributed by atoms with Gasteiger partial charge in [0.1, 0.15) is 11.6 Å². The van der Waals surface area contributed by atoms with E-state index in [1.165, 1.54) is 12.1 Å². The second kappa shape index (κ2) is 6.62. The molecule has 0 saturated carbocycles. The lowest BCUT2D eigenvalue weighted by molar-refractivity contribution is 0.585. The van der Waals surface area contributed by atoms with E-state index in [-0.39, 0.29) is 0 Å². The highest BCUT2D eigenvalue weighted by atomic mass is 19.1. The van der Waals surface area contributed by atoms with E-state index in [1.807, 2.05) is 25.1 Å². The van der Waals surface area contributed by atoms with E-state index in [2.05, 4.69) is 12.2 Å². The van der Waals surface area contributed by atoms with Gasteiger partial charge < -0.3 is 5.32 Å². The Labute approximate surface area is 118 Å². The van der Waals surface area contributed by atoms with Crippen molar-refractivity contribution in [3.05, 3.63) is 59.2 Å². The monoisotopic (exact) mass is 275 g/mol. The SMILES string of the molecule is CCCNCc1ccc(C)c(-c2ccc(F)cc2F)c1. The van der Waals surface area contributed by atoms with Crippen LogP contribution < -0.4 is 5.32 Å². The molecule has 1 nitrogen and oxygen atoms in total. The molecule has 106 valence electrons. The summed E-state index contributed by atoms with van der Waals surface area (Å²) in [5.41, 5.74) is 3.34. The van der Waals surface area contributed by atoms with Gasteiger partial charge in [0.15, 0.2) is 0 Å². The van der Waals surface area contributed by atoms with E-state index in [0.717, 1.165) is 42.3 Å². The Morgan fingerprint density at radius 1 is 1.00 bits per heavy atom. The highest BCUT2D eigenvalue weighted by Gasteiger charge is 2.09. The first-order chi connectivity index (χ1) is 9.61. The molecule has 0 radical (unpaired) electrons. The highest BCUT2D eigenvalue weighted by Crippen LogP contribution is 2.27. The summed E-state index contributed by atoms with van der Waals surface area (Å²) < 4.78 is 26.9. The van der Waals surface area contributed by atoms with Gasteiger partial charge in [-0.1, -0.05) is 19.1 Å². The number of rotatable bonds is 5. The molecule has 2 aromatic rings. The van der Waals surface area contributed by atoms with Crippen molar-refractivity contribution in [1.29, 1.82) is 0 Å². The second-order valence-electron chi connectivity index (χ2n) is 4.95. The quantitative estimate of drug-likeness (QED) is 0.795. The average Bonchev–Trinajstić information content (AvgIpc) is 2.41. The molecule has 2 aromatic carbocycles. The molecule has 0 atom stereocenters. The van der Waals surface area contributed by atoms with Crippen molar-refractivity contribution < 1.29 is 8.78 Å². The summed E-state index contributed by atoms with van der Waals surface area (Å²) in [5, 5.41) is 3.32. The van der Waals surface area contributed by atoms with Crippen LogP contribution in [-0.4, -0.2) is 6.54 Å². The standard InChI is InChI=1S/C17H19F2N/c1-3-8-20-11-13-5-4-12(2)16(9-13)15-7-6-14(18)10-17(15)19/h4-7,9-10,20H,3,8,11H2,1-2H3. The third-order valence-electron chi connectivity index (χ3n) is 3.28. The van der Waals surface area contributed by atoms with Gasteiger partial charge in [-0.05, 0) is 54.8 Å². The van der Waals surface area contributed by atoms with E-state index in [4.69, 9.17) is 0 Å². The van der Waals surface area contributed by atoms with Crippen LogP contribution in [0.4, 0.5) is 8.78 Å². The molecular formula is C17H19F2N. The van der Waals surface area contributed by atoms with Crippen molar-refractivity contribution in [1.82, 2.24) is 5.32 Å². The molecule has 1 N–H and O–H groups in total. The lowest BCUT2D eigenvalue weighted by Crippen LogP contribution is -2.13. The Kier molecular flexibility index (Phi) is 4.85. The Morgan fingerprint density at radius 3 is 2.50 bits per heavy atom. The van der Waals surface area contributed by atoms with Crippen molar-refractivity contribution >= 4 is 0 Å². The Bertz CT molecular complexity index is 594. The highest BCUT2D eigenvalue weighted by molar-refractivity contribution is 5.68. The van der Waals surface area contributed by atoms with Gasteiger partial charge in [-0.3, -0.25) is 0 Å². The molecule has 0 aliphatic carbocycles. The molecule has 0 aromatic heterocycles. The van der Waals surface area contributed by atoms with Crippen molar-refractivity contribution in [2.45, 2.75) is 26.8 Å². The first kappa shape index (κ1) is 14.7. The van der Waals surface area contributed by atoms with Gasteiger partial charge in [0.25, 0.3) is 0 Å². The number of aryl methyl sites for hydroxylation is 1. The summed E-state index contributed by atoms with van der Waals surface area (Å²) in [5.74, 6) is -1.07. The fourth-order valence-electron chi connectivity index (χ4n) is 2.19. The lowest BCUT2D eigenvalue weighted by atomic mass is 9.97. The normalized spacial score (nSPS) is 10.8. The van der Waals surface area contributed by atoms with Gasteiger partial charge in [-0.2, -0.15) is 0 Å². The van der Waals surface area contributed by atoms with E-state index < -0.39 is 11.6 Å². The summed E-state index contributed by atoms with van der Waals surface area (Å²) in [6, 6.07) is 9.69. The third kappa shape index (κ3) is 3.42. The average molecular weight is 275 g/mol. The molecule has 0 bridgehead atoms. The first-order valence-electron chi connectivity index (χ1n) is 6.87. The Hall–Kier alpha value is -1.74. The fraction of sp³-hybridized carbons (Fsp3) is 0.294.